The van der Waals surface area contributed by atoms with Gasteiger partial charge in [-0.05, 0) is 118 Å². The van der Waals surface area contributed by atoms with Crippen LogP contribution in [0.4, 0.5) is 0 Å². The summed E-state index contributed by atoms with van der Waals surface area (Å²) in [5.41, 5.74) is 30.6. The Kier molecular flexibility index (Phi) is 7.46. The summed E-state index contributed by atoms with van der Waals surface area (Å²) in [5, 5.41) is 15.4. The Bertz CT molecular complexity index is 6070. The molecule has 390 valence electrons. The number of para-hydroxylation sites is 8. The number of nitrogens with zero attached hydrogens (tertiary/aromatic N) is 6. The third-order valence-electron chi connectivity index (χ3n) is 20.9. The van der Waals surface area contributed by atoms with E-state index in [2.05, 4.69) is 282 Å². The quantitative estimate of drug-likeness (QED) is 0.154. The van der Waals surface area contributed by atoms with Gasteiger partial charge in [-0.15, -0.1) is 0 Å². The number of hydrogen-bond acceptors (Lipinski definition) is 0. The average Bonchev–Trinajstić information content (AvgIpc) is 1.53. The highest BCUT2D eigenvalue weighted by molar-refractivity contribution is 7.01. The molecule has 8 heteroatoms. The molecule has 0 spiro atoms. The van der Waals surface area contributed by atoms with E-state index in [1.807, 2.05) is 0 Å². The number of fused-ring (bicyclic) bond motifs is 28. The van der Waals surface area contributed by atoms with Crippen molar-refractivity contribution in [1.82, 2.24) is 27.4 Å². The Balaban J connectivity index is 0.817. The second kappa shape index (κ2) is 14.8. The van der Waals surface area contributed by atoms with Gasteiger partial charge in [-0.25, -0.2) is 0 Å². The molecule has 6 nitrogen and oxygen atoms in total. The number of hydrogen-bond donors (Lipinski definition) is 0. The van der Waals surface area contributed by atoms with Gasteiger partial charge < -0.3 is 27.4 Å². The first-order valence-electron chi connectivity index (χ1n) is 30.2. The topological polar surface area (TPSA) is 29.6 Å². The molecule has 0 atom stereocenters. The minimum absolute atomic E-state index is 0.00416. The summed E-state index contributed by atoms with van der Waals surface area (Å²) < 4.78 is 15.6. The zero-order valence-electron chi connectivity index (χ0n) is 46.1. The van der Waals surface area contributed by atoms with Crippen LogP contribution in [-0.2, 0) is 0 Å². The zero-order chi connectivity index (χ0) is 55.1. The predicted octanol–water partition coefficient (Wildman–Crippen LogP) is 14.6. The van der Waals surface area contributed by atoms with Crippen LogP contribution in [0, 0.1) is 0 Å². The van der Waals surface area contributed by atoms with Crippen molar-refractivity contribution in [3.63, 3.8) is 0 Å². The first-order valence-corrected chi connectivity index (χ1v) is 30.2. The smallest absolute Gasteiger partial charge is 0.252 e. The van der Waals surface area contributed by atoms with Gasteiger partial charge in [0.1, 0.15) is 0 Å². The van der Waals surface area contributed by atoms with Crippen molar-refractivity contribution in [2.75, 3.05) is 0 Å². The molecular formula is C78H42B2N6. The van der Waals surface area contributed by atoms with Crippen LogP contribution in [0.5, 0.6) is 0 Å². The zero-order valence-corrected chi connectivity index (χ0v) is 46.1. The maximum absolute atomic E-state index is 2.65. The van der Waals surface area contributed by atoms with Gasteiger partial charge >= 0.3 is 0 Å². The van der Waals surface area contributed by atoms with Crippen LogP contribution in [0.3, 0.4) is 0 Å². The van der Waals surface area contributed by atoms with E-state index < -0.39 is 0 Å². The highest BCUT2D eigenvalue weighted by atomic mass is 15.1. The Hall–Kier alpha value is -11.2. The molecule has 19 aromatic rings. The van der Waals surface area contributed by atoms with Gasteiger partial charge in [0, 0.05) is 110 Å². The van der Waals surface area contributed by atoms with Crippen molar-refractivity contribution in [3.8, 4) is 34.1 Å². The van der Waals surface area contributed by atoms with Gasteiger partial charge in [-0.1, -0.05) is 170 Å². The average molecular weight is 1080 g/mol. The van der Waals surface area contributed by atoms with Crippen molar-refractivity contribution in [1.29, 1.82) is 0 Å². The largest absolute Gasteiger partial charge is 0.310 e. The van der Waals surface area contributed by atoms with Crippen molar-refractivity contribution < 1.29 is 0 Å². The summed E-state index contributed by atoms with van der Waals surface area (Å²) in [6, 6.07) is 97.0. The van der Waals surface area contributed by atoms with Gasteiger partial charge in [0.05, 0.1) is 55.2 Å². The Morgan fingerprint density at radius 1 is 0.198 bits per heavy atom. The molecule has 0 bridgehead atoms. The van der Waals surface area contributed by atoms with Crippen LogP contribution in [0.2, 0.25) is 0 Å². The van der Waals surface area contributed by atoms with E-state index in [1.165, 1.54) is 198 Å². The van der Waals surface area contributed by atoms with Crippen LogP contribution in [0.15, 0.2) is 255 Å². The molecule has 0 saturated carbocycles. The second-order valence-corrected chi connectivity index (χ2v) is 24.6. The van der Waals surface area contributed by atoms with Crippen molar-refractivity contribution in [3.05, 3.63) is 255 Å². The van der Waals surface area contributed by atoms with Crippen molar-refractivity contribution in [2.24, 2.45) is 0 Å². The van der Waals surface area contributed by atoms with E-state index >= 15 is 0 Å². The fourth-order valence-electron chi connectivity index (χ4n) is 18.0. The molecule has 0 N–H and O–H groups in total. The molecule has 0 radical (unpaired) electrons. The molecule has 0 saturated heterocycles. The third kappa shape index (κ3) is 4.76. The van der Waals surface area contributed by atoms with E-state index in [-0.39, 0.29) is 13.4 Å². The Morgan fingerprint density at radius 2 is 0.547 bits per heavy atom. The van der Waals surface area contributed by atoms with Crippen LogP contribution >= 0.6 is 0 Å². The maximum Gasteiger partial charge on any atom is 0.252 e. The normalized spacial score (nSPS) is 13.5. The summed E-state index contributed by atoms with van der Waals surface area (Å²) in [6.07, 6.45) is 0. The maximum atomic E-state index is 2.65. The van der Waals surface area contributed by atoms with E-state index in [1.54, 1.807) is 0 Å². The lowest BCUT2D eigenvalue weighted by Gasteiger charge is -2.34. The van der Waals surface area contributed by atoms with Crippen molar-refractivity contribution in [2.45, 2.75) is 0 Å². The molecule has 0 amide bonds. The summed E-state index contributed by atoms with van der Waals surface area (Å²) in [7, 11) is 0. The standard InChI is InChI=1S/C78H42B2N6/c1-3-19-43(20-4-1)81-59-31-11-7-23-45(59)53-40-57-77-69(75(53)81)49-25-9-13-33-61(49)83(77)63-35-17-37-65-71(63)79(57)55-29-15-27-47-51-39-52-48-28-16-30-56-74(48)86(68(52)42-67(51)85(65)73(47)55)66-38-18-36-64-72(66)80(56)58-41-54-46-24-8-12-32-60(46)82(44-21-5-2-6-22-44)76(54)70-50-26-10-14-34-62(50)84(64)78(58)70/h1-42H. The van der Waals surface area contributed by atoms with Gasteiger partial charge in [-0.2, -0.15) is 0 Å². The highest BCUT2D eigenvalue weighted by Gasteiger charge is 2.44. The molecule has 10 heterocycles. The molecule has 13 aromatic carbocycles. The molecule has 6 aromatic heterocycles. The molecule has 23 rings (SSSR count). The first kappa shape index (κ1) is 43.5. The fourth-order valence-corrected chi connectivity index (χ4v) is 18.0. The van der Waals surface area contributed by atoms with E-state index in [0.29, 0.717) is 0 Å². The minimum Gasteiger partial charge on any atom is -0.310 e. The SMILES string of the molecule is c1ccc(-n2c3ccccc3c3cc4c5c(c6ccccc6n5-c5cccc6c5B4c4cccc5c7cc8c9cccc%10c9n(c8cc7n-6c45)-c4cccc5c4B%10c4cc6c7ccccc7n(-c7ccccc7)c6c6c7ccccc7n-5c46)c32)cc1. The lowest BCUT2D eigenvalue weighted by atomic mass is 9.34. The monoisotopic (exact) mass is 1080 g/mol. The molecule has 86 heavy (non-hydrogen) atoms. The summed E-state index contributed by atoms with van der Waals surface area (Å²) in [5.74, 6) is 0. The summed E-state index contributed by atoms with van der Waals surface area (Å²) >= 11 is 0. The minimum atomic E-state index is 0.00416. The molecule has 0 unspecified atom stereocenters. The van der Waals surface area contributed by atoms with Gasteiger partial charge in [0.25, 0.3) is 13.4 Å². The third-order valence-corrected chi connectivity index (χ3v) is 20.9. The van der Waals surface area contributed by atoms with Crippen LogP contribution < -0.4 is 32.8 Å². The first-order chi connectivity index (χ1) is 42.8. The predicted molar refractivity (Wildman–Crippen MR) is 362 cm³/mol. The lowest BCUT2D eigenvalue weighted by Crippen LogP contribution is -2.59. The molecular weight excluding hydrogens is 1040 g/mol. The second-order valence-electron chi connectivity index (χ2n) is 24.6. The van der Waals surface area contributed by atoms with E-state index in [4.69, 9.17) is 0 Å². The van der Waals surface area contributed by atoms with Crippen LogP contribution in [-0.4, -0.2) is 40.8 Å². The van der Waals surface area contributed by atoms with E-state index in [9.17, 15) is 0 Å². The fraction of sp³-hybridized carbons (Fsp3) is 0. The molecule has 4 aliphatic rings. The summed E-state index contributed by atoms with van der Waals surface area (Å²) in [6.45, 7) is 0.00832. The molecule has 0 aliphatic carbocycles. The van der Waals surface area contributed by atoms with Gasteiger partial charge in [0.2, 0.25) is 0 Å². The van der Waals surface area contributed by atoms with Crippen LogP contribution in [0.25, 0.3) is 165 Å². The number of rotatable bonds is 2. The van der Waals surface area contributed by atoms with E-state index in [0.717, 1.165) is 0 Å². The summed E-state index contributed by atoms with van der Waals surface area (Å²) in [4.78, 5) is 0. The number of benzene rings is 13. The molecule has 4 aliphatic heterocycles. The Morgan fingerprint density at radius 3 is 0.977 bits per heavy atom. The van der Waals surface area contributed by atoms with Crippen LogP contribution in [0.1, 0.15) is 0 Å². The van der Waals surface area contributed by atoms with Crippen molar-refractivity contribution >= 4 is 177 Å². The number of aromatic nitrogens is 6. The lowest BCUT2D eigenvalue weighted by molar-refractivity contribution is 1.13. The van der Waals surface area contributed by atoms with Gasteiger partial charge in [-0.3, -0.25) is 0 Å². The van der Waals surface area contributed by atoms with Gasteiger partial charge in [0.15, 0.2) is 0 Å². The highest BCUT2D eigenvalue weighted by Crippen LogP contribution is 2.48. The molecule has 0 fully saturated rings. The Labute approximate surface area is 490 Å².